The van der Waals surface area contributed by atoms with Crippen molar-refractivity contribution >= 4 is 33.3 Å². The lowest BCUT2D eigenvalue weighted by atomic mass is 10.2. The Balaban J connectivity index is 1.94. The van der Waals surface area contributed by atoms with Crippen LogP contribution in [0.15, 0.2) is 46.6 Å². The maximum absolute atomic E-state index is 12.5. The van der Waals surface area contributed by atoms with Gasteiger partial charge >= 0.3 is 5.56 Å². The van der Waals surface area contributed by atoms with Gasteiger partial charge in [0.15, 0.2) is 5.69 Å². The second kappa shape index (κ2) is 5.00. The van der Waals surface area contributed by atoms with E-state index in [0.29, 0.717) is 21.3 Å². The van der Waals surface area contributed by atoms with Crippen molar-refractivity contribution in [2.75, 3.05) is 5.73 Å². The average molecular weight is 327 g/mol. The zero-order valence-electron chi connectivity index (χ0n) is 11.1. The van der Waals surface area contributed by atoms with E-state index < -0.39 is 0 Å². The van der Waals surface area contributed by atoms with Crippen LogP contribution in [0.4, 0.5) is 5.69 Å². The Bertz CT molecular complexity index is 1020. The minimum atomic E-state index is -0.274. The highest BCUT2D eigenvalue weighted by molar-refractivity contribution is 7.19. The van der Waals surface area contributed by atoms with Crippen molar-refractivity contribution in [3.05, 3.63) is 52.1 Å². The van der Waals surface area contributed by atoms with Crippen molar-refractivity contribution in [3.63, 3.8) is 0 Å². The first-order chi connectivity index (χ1) is 10.7. The first kappa shape index (κ1) is 13.1. The minimum Gasteiger partial charge on any atom is -0.398 e. The van der Waals surface area contributed by atoms with Crippen LogP contribution >= 0.6 is 22.7 Å². The maximum atomic E-state index is 12.5. The van der Waals surface area contributed by atoms with Crippen LogP contribution in [-0.4, -0.2) is 19.8 Å². The molecule has 4 aromatic rings. The number of fused-ring (bicyclic) bond motifs is 1. The molecule has 0 bridgehead atoms. The van der Waals surface area contributed by atoms with Gasteiger partial charge in [0.1, 0.15) is 5.01 Å². The molecule has 108 valence electrons. The Morgan fingerprint density at radius 1 is 1.09 bits per heavy atom. The Morgan fingerprint density at radius 3 is 2.73 bits per heavy atom. The lowest BCUT2D eigenvalue weighted by Gasteiger charge is -1.98. The van der Waals surface area contributed by atoms with Gasteiger partial charge in [-0.15, -0.1) is 21.5 Å². The molecule has 0 saturated carbocycles. The molecule has 0 saturated heterocycles. The maximum Gasteiger partial charge on any atom is 0.302 e. The SMILES string of the molecule is Nc1ccccc1-c1nn2c(=O)c(-c3cccs3)nnc2s1. The molecule has 0 amide bonds. The van der Waals surface area contributed by atoms with Crippen LogP contribution in [-0.2, 0) is 0 Å². The van der Waals surface area contributed by atoms with Crippen molar-refractivity contribution in [3.8, 4) is 21.1 Å². The molecule has 8 heteroatoms. The number of hydrogen-bond donors (Lipinski definition) is 1. The summed E-state index contributed by atoms with van der Waals surface area (Å²) in [7, 11) is 0. The number of nitrogens with zero attached hydrogens (tertiary/aromatic N) is 4. The van der Waals surface area contributed by atoms with E-state index in [9.17, 15) is 4.79 Å². The zero-order valence-corrected chi connectivity index (χ0v) is 12.8. The number of nitrogen functional groups attached to an aromatic ring is 1. The summed E-state index contributed by atoms with van der Waals surface area (Å²) in [6.07, 6.45) is 0. The van der Waals surface area contributed by atoms with E-state index in [1.165, 1.54) is 27.2 Å². The molecular weight excluding hydrogens is 318 g/mol. The fourth-order valence-electron chi connectivity index (χ4n) is 2.08. The van der Waals surface area contributed by atoms with Crippen LogP contribution in [0, 0.1) is 0 Å². The third kappa shape index (κ3) is 2.00. The molecule has 3 heterocycles. The summed E-state index contributed by atoms with van der Waals surface area (Å²) in [5, 5.41) is 15.0. The summed E-state index contributed by atoms with van der Waals surface area (Å²) in [5.74, 6) is 0. The molecule has 22 heavy (non-hydrogen) atoms. The molecule has 0 aliphatic rings. The second-order valence-corrected chi connectivity index (χ2v) is 6.42. The molecule has 0 aliphatic carbocycles. The molecule has 3 aromatic heterocycles. The summed E-state index contributed by atoms with van der Waals surface area (Å²) in [4.78, 5) is 13.8. The lowest BCUT2D eigenvalue weighted by molar-refractivity contribution is 0.863. The number of rotatable bonds is 2. The molecule has 4 rings (SSSR count). The molecule has 0 fully saturated rings. The predicted octanol–water partition coefficient (Wildman–Crippen LogP) is 2.52. The van der Waals surface area contributed by atoms with Gasteiger partial charge in [-0.3, -0.25) is 4.79 Å². The lowest BCUT2D eigenvalue weighted by Crippen LogP contribution is -2.18. The van der Waals surface area contributed by atoms with Crippen molar-refractivity contribution in [1.29, 1.82) is 0 Å². The van der Waals surface area contributed by atoms with E-state index in [1.807, 2.05) is 35.7 Å². The number of aromatic nitrogens is 4. The molecule has 2 N–H and O–H groups in total. The third-order valence-corrected chi connectivity index (χ3v) is 4.94. The van der Waals surface area contributed by atoms with Gasteiger partial charge in [-0.05, 0) is 23.6 Å². The fourth-order valence-corrected chi connectivity index (χ4v) is 3.67. The average Bonchev–Trinajstić information content (AvgIpc) is 3.17. The number of para-hydroxylation sites is 1. The van der Waals surface area contributed by atoms with Crippen LogP contribution < -0.4 is 11.3 Å². The van der Waals surface area contributed by atoms with E-state index >= 15 is 0 Å². The Hall–Kier alpha value is -2.58. The van der Waals surface area contributed by atoms with Crippen LogP contribution in [0.25, 0.3) is 26.1 Å². The predicted molar refractivity (Wildman–Crippen MR) is 88.1 cm³/mol. The van der Waals surface area contributed by atoms with Crippen molar-refractivity contribution in [2.45, 2.75) is 0 Å². The van der Waals surface area contributed by atoms with Crippen molar-refractivity contribution in [1.82, 2.24) is 19.8 Å². The van der Waals surface area contributed by atoms with Gasteiger partial charge in [0, 0.05) is 11.3 Å². The number of hydrogen-bond acceptors (Lipinski definition) is 7. The van der Waals surface area contributed by atoms with Gasteiger partial charge in [-0.2, -0.15) is 9.61 Å². The highest BCUT2D eigenvalue weighted by atomic mass is 32.1. The van der Waals surface area contributed by atoms with Crippen LogP contribution in [0.2, 0.25) is 0 Å². The molecule has 6 nitrogen and oxygen atoms in total. The molecular formula is C14H9N5OS2. The standard InChI is InChI=1S/C14H9N5OS2/c15-9-5-2-1-4-8(9)12-18-19-13(20)11(10-6-3-7-21-10)16-17-14(19)22-12/h1-7H,15H2. The fraction of sp³-hybridized carbons (Fsp3) is 0. The Kier molecular flexibility index (Phi) is 2.98. The Morgan fingerprint density at radius 2 is 1.95 bits per heavy atom. The van der Waals surface area contributed by atoms with Gasteiger partial charge < -0.3 is 5.73 Å². The Labute approximate surface area is 132 Å². The van der Waals surface area contributed by atoms with Gasteiger partial charge in [0.25, 0.3) is 0 Å². The zero-order chi connectivity index (χ0) is 15.1. The van der Waals surface area contributed by atoms with Gasteiger partial charge in [0.05, 0.1) is 4.88 Å². The van der Waals surface area contributed by atoms with E-state index in [1.54, 1.807) is 6.07 Å². The van der Waals surface area contributed by atoms with E-state index in [4.69, 9.17) is 5.73 Å². The van der Waals surface area contributed by atoms with Crippen LogP contribution in [0.3, 0.4) is 0 Å². The van der Waals surface area contributed by atoms with Gasteiger partial charge in [-0.1, -0.05) is 29.5 Å². The minimum absolute atomic E-state index is 0.274. The number of benzene rings is 1. The highest BCUT2D eigenvalue weighted by Gasteiger charge is 2.15. The molecule has 0 radical (unpaired) electrons. The van der Waals surface area contributed by atoms with Gasteiger partial charge in [0.2, 0.25) is 4.96 Å². The third-order valence-electron chi connectivity index (χ3n) is 3.14. The normalized spacial score (nSPS) is 11.1. The van der Waals surface area contributed by atoms with Crippen LogP contribution in [0.1, 0.15) is 0 Å². The monoisotopic (exact) mass is 327 g/mol. The molecule has 0 unspecified atom stereocenters. The quantitative estimate of drug-likeness (QED) is 0.572. The number of anilines is 1. The van der Waals surface area contributed by atoms with E-state index in [0.717, 1.165) is 10.4 Å². The van der Waals surface area contributed by atoms with Crippen LogP contribution in [0.5, 0.6) is 0 Å². The van der Waals surface area contributed by atoms with Crippen molar-refractivity contribution in [2.24, 2.45) is 0 Å². The second-order valence-electron chi connectivity index (χ2n) is 4.52. The van der Waals surface area contributed by atoms with Gasteiger partial charge in [-0.25, -0.2) is 0 Å². The first-order valence-corrected chi connectivity index (χ1v) is 8.09. The first-order valence-electron chi connectivity index (χ1n) is 6.39. The smallest absolute Gasteiger partial charge is 0.302 e. The highest BCUT2D eigenvalue weighted by Crippen LogP contribution is 2.29. The molecule has 0 spiro atoms. The summed E-state index contributed by atoms with van der Waals surface area (Å²) < 4.78 is 1.29. The largest absolute Gasteiger partial charge is 0.398 e. The van der Waals surface area contributed by atoms with Crippen molar-refractivity contribution < 1.29 is 0 Å². The summed E-state index contributed by atoms with van der Waals surface area (Å²) in [5.41, 5.74) is 7.40. The molecule has 0 atom stereocenters. The topological polar surface area (TPSA) is 86.2 Å². The molecule has 0 aliphatic heterocycles. The summed E-state index contributed by atoms with van der Waals surface area (Å²) >= 11 is 2.73. The summed E-state index contributed by atoms with van der Waals surface area (Å²) in [6.45, 7) is 0. The number of nitrogens with two attached hydrogens (primary N) is 1. The van der Waals surface area contributed by atoms with E-state index in [-0.39, 0.29) is 5.56 Å². The molecule has 1 aromatic carbocycles. The van der Waals surface area contributed by atoms with E-state index in [2.05, 4.69) is 15.3 Å². The summed E-state index contributed by atoms with van der Waals surface area (Å²) in [6, 6.07) is 11.1. The number of thiophene rings is 1.